The normalized spacial score (nSPS) is 20.0. The van der Waals surface area contributed by atoms with Gasteiger partial charge in [-0.1, -0.05) is 0 Å². The highest BCUT2D eigenvalue weighted by Crippen LogP contribution is 2.12. The van der Waals surface area contributed by atoms with Crippen molar-refractivity contribution in [1.29, 1.82) is 0 Å². The van der Waals surface area contributed by atoms with Gasteiger partial charge in [-0.25, -0.2) is 13.8 Å². The molecule has 1 aliphatic rings. The smallest absolute Gasteiger partial charge is 0.168 e. The molecule has 1 aliphatic heterocycles. The molecule has 0 aromatic carbocycles. The number of hydrogen-bond acceptors (Lipinski definition) is 3. The number of hydrogen-bond donors (Lipinski definition) is 2. The van der Waals surface area contributed by atoms with Crippen molar-refractivity contribution >= 4 is 5.82 Å². The second-order valence-corrected chi connectivity index (χ2v) is 3.99. The van der Waals surface area contributed by atoms with E-state index in [9.17, 15) is 8.78 Å². The molecule has 1 aromatic heterocycles. The van der Waals surface area contributed by atoms with Gasteiger partial charge in [0.1, 0.15) is 5.82 Å². The molecule has 3 nitrogen and oxygen atoms in total. The summed E-state index contributed by atoms with van der Waals surface area (Å²) in [7, 11) is 0. The molecule has 0 saturated carbocycles. The van der Waals surface area contributed by atoms with Gasteiger partial charge in [0.2, 0.25) is 0 Å². The summed E-state index contributed by atoms with van der Waals surface area (Å²) in [6.45, 7) is 1.71. The third kappa shape index (κ3) is 2.88. The number of halogens is 2. The highest BCUT2D eigenvalue weighted by Gasteiger charge is 2.13. The highest BCUT2D eigenvalue weighted by molar-refractivity contribution is 5.35. The van der Waals surface area contributed by atoms with Crippen LogP contribution in [0, 0.1) is 11.6 Å². The Hall–Kier alpha value is -1.23. The number of pyridine rings is 1. The minimum atomic E-state index is -0.652. The van der Waals surface area contributed by atoms with Gasteiger partial charge in [-0.15, -0.1) is 0 Å². The summed E-state index contributed by atoms with van der Waals surface area (Å²) in [5.41, 5.74) is 0. The van der Waals surface area contributed by atoms with E-state index in [1.54, 1.807) is 0 Å². The molecule has 1 fully saturated rings. The lowest BCUT2D eigenvalue weighted by Crippen LogP contribution is -2.24. The summed E-state index contributed by atoms with van der Waals surface area (Å²) in [6.07, 6.45) is 4.31. The van der Waals surface area contributed by atoms with Crippen LogP contribution in [0.5, 0.6) is 0 Å². The molecular weight excluding hydrogens is 212 g/mol. The summed E-state index contributed by atoms with van der Waals surface area (Å²) in [5, 5.41) is 6.23. The van der Waals surface area contributed by atoms with Crippen molar-refractivity contribution in [2.75, 3.05) is 18.4 Å². The molecule has 16 heavy (non-hydrogen) atoms. The van der Waals surface area contributed by atoms with Gasteiger partial charge < -0.3 is 10.6 Å². The average molecular weight is 227 g/mol. The van der Waals surface area contributed by atoms with E-state index in [1.165, 1.54) is 12.8 Å². The Kier molecular flexibility index (Phi) is 3.66. The van der Waals surface area contributed by atoms with Crippen LogP contribution in [0.25, 0.3) is 0 Å². The largest absolute Gasteiger partial charge is 0.368 e. The molecule has 2 N–H and O–H groups in total. The summed E-state index contributed by atoms with van der Waals surface area (Å²) in [6, 6.07) is 1.35. The molecule has 0 spiro atoms. The molecule has 88 valence electrons. The van der Waals surface area contributed by atoms with Crippen LogP contribution in [-0.2, 0) is 0 Å². The van der Waals surface area contributed by atoms with Crippen LogP contribution in [0.2, 0.25) is 0 Å². The first-order valence-corrected chi connectivity index (χ1v) is 5.54. The molecule has 0 radical (unpaired) electrons. The quantitative estimate of drug-likeness (QED) is 0.825. The van der Waals surface area contributed by atoms with Crippen molar-refractivity contribution in [3.8, 4) is 0 Å². The fourth-order valence-electron chi connectivity index (χ4n) is 1.91. The molecule has 0 aliphatic carbocycles. The summed E-state index contributed by atoms with van der Waals surface area (Å²) >= 11 is 0. The van der Waals surface area contributed by atoms with E-state index in [1.807, 2.05) is 0 Å². The Bertz CT molecular complexity index is 351. The molecule has 0 bridgehead atoms. The summed E-state index contributed by atoms with van der Waals surface area (Å²) in [4.78, 5) is 3.66. The topological polar surface area (TPSA) is 37.0 Å². The summed E-state index contributed by atoms with van der Waals surface area (Å²) < 4.78 is 25.7. The van der Waals surface area contributed by atoms with Crippen molar-refractivity contribution in [2.24, 2.45) is 0 Å². The van der Waals surface area contributed by atoms with Crippen molar-refractivity contribution in [1.82, 2.24) is 10.3 Å². The van der Waals surface area contributed by atoms with Gasteiger partial charge in [0.25, 0.3) is 0 Å². The van der Waals surface area contributed by atoms with Crippen molar-refractivity contribution in [3.05, 3.63) is 23.9 Å². The van der Waals surface area contributed by atoms with Gasteiger partial charge in [-0.3, -0.25) is 0 Å². The first-order valence-electron chi connectivity index (χ1n) is 5.54. The average Bonchev–Trinajstić information content (AvgIpc) is 2.74. The van der Waals surface area contributed by atoms with Crippen LogP contribution in [0.1, 0.15) is 19.3 Å². The molecule has 0 amide bonds. The van der Waals surface area contributed by atoms with Crippen molar-refractivity contribution in [3.63, 3.8) is 0 Å². The van der Waals surface area contributed by atoms with Crippen LogP contribution in [0.15, 0.2) is 12.3 Å². The second-order valence-electron chi connectivity index (χ2n) is 3.99. The Morgan fingerprint density at radius 2 is 2.38 bits per heavy atom. The molecule has 2 rings (SSSR count). The number of aromatic nitrogens is 1. The predicted molar refractivity (Wildman–Crippen MR) is 58.3 cm³/mol. The van der Waals surface area contributed by atoms with Crippen molar-refractivity contribution < 1.29 is 8.78 Å². The highest BCUT2D eigenvalue weighted by atomic mass is 19.1. The van der Waals surface area contributed by atoms with Gasteiger partial charge in [0.15, 0.2) is 11.6 Å². The van der Waals surface area contributed by atoms with Gasteiger partial charge >= 0.3 is 0 Å². The maximum Gasteiger partial charge on any atom is 0.168 e. The van der Waals surface area contributed by atoms with Gasteiger partial charge in [-0.05, 0) is 25.8 Å². The number of nitrogens with one attached hydrogen (secondary N) is 2. The van der Waals surface area contributed by atoms with Crippen LogP contribution in [0.3, 0.4) is 0 Å². The minimum absolute atomic E-state index is 0.124. The second kappa shape index (κ2) is 5.21. The molecule has 1 aromatic rings. The zero-order valence-corrected chi connectivity index (χ0v) is 8.97. The maximum absolute atomic E-state index is 13.2. The first-order chi connectivity index (χ1) is 7.75. The van der Waals surface area contributed by atoms with E-state index in [-0.39, 0.29) is 5.82 Å². The van der Waals surface area contributed by atoms with E-state index in [0.717, 1.165) is 25.2 Å². The van der Waals surface area contributed by atoms with Gasteiger partial charge in [0, 0.05) is 18.7 Å². The van der Waals surface area contributed by atoms with E-state index in [4.69, 9.17) is 0 Å². The minimum Gasteiger partial charge on any atom is -0.368 e. The lowest BCUT2D eigenvalue weighted by molar-refractivity contribution is 0.563. The predicted octanol–water partition coefficient (Wildman–Crippen LogP) is 1.91. The lowest BCUT2D eigenvalue weighted by Gasteiger charge is -2.11. The SMILES string of the molecule is Fc1cnc(NCCC2CCCN2)c(F)c1. The molecular formula is C11H15F2N3. The standard InChI is InChI=1S/C11H15F2N3/c12-8-6-10(13)11(16-7-8)15-5-3-9-2-1-4-14-9/h6-7,9,14H,1-5H2,(H,15,16). The van der Waals surface area contributed by atoms with Gasteiger partial charge in [0.05, 0.1) is 6.20 Å². The van der Waals surface area contributed by atoms with Gasteiger partial charge in [-0.2, -0.15) is 0 Å². The Morgan fingerprint density at radius 1 is 1.50 bits per heavy atom. The fourth-order valence-corrected chi connectivity index (χ4v) is 1.91. The Morgan fingerprint density at radius 3 is 3.06 bits per heavy atom. The molecule has 2 heterocycles. The van der Waals surface area contributed by atoms with E-state index < -0.39 is 11.6 Å². The fraction of sp³-hybridized carbons (Fsp3) is 0.545. The number of rotatable bonds is 4. The zero-order valence-electron chi connectivity index (χ0n) is 8.97. The maximum atomic E-state index is 13.2. The third-order valence-corrected chi connectivity index (χ3v) is 2.76. The molecule has 5 heteroatoms. The van der Waals surface area contributed by atoms with Crippen LogP contribution < -0.4 is 10.6 Å². The van der Waals surface area contributed by atoms with Crippen molar-refractivity contribution in [2.45, 2.75) is 25.3 Å². The lowest BCUT2D eigenvalue weighted by atomic mass is 10.1. The van der Waals surface area contributed by atoms with E-state index >= 15 is 0 Å². The van der Waals surface area contributed by atoms with Crippen LogP contribution >= 0.6 is 0 Å². The van der Waals surface area contributed by atoms with E-state index in [0.29, 0.717) is 12.6 Å². The molecule has 1 unspecified atom stereocenters. The zero-order chi connectivity index (χ0) is 11.4. The molecule has 1 saturated heterocycles. The first kappa shape index (κ1) is 11.3. The number of anilines is 1. The van der Waals surface area contributed by atoms with Crippen LogP contribution in [0.4, 0.5) is 14.6 Å². The summed E-state index contributed by atoms with van der Waals surface area (Å²) in [5.74, 6) is -1.17. The third-order valence-electron chi connectivity index (χ3n) is 2.76. The monoisotopic (exact) mass is 227 g/mol. The number of nitrogens with zero attached hydrogens (tertiary/aromatic N) is 1. The van der Waals surface area contributed by atoms with Crippen LogP contribution in [-0.4, -0.2) is 24.1 Å². The van der Waals surface area contributed by atoms with E-state index in [2.05, 4.69) is 15.6 Å². The Labute approximate surface area is 93.3 Å². The Balaban J connectivity index is 1.80. The molecule has 1 atom stereocenters.